The summed E-state index contributed by atoms with van der Waals surface area (Å²) in [5.41, 5.74) is 0.626. The fraction of sp³-hybridized carbons (Fsp3) is 0.200. The minimum atomic E-state index is -0.306. The summed E-state index contributed by atoms with van der Waals surface area (Å²) in [5, 5.41) is 11.8. The van der Waals surface area contributed by atoms with Crippen molar-refractivity contribution in [2.24, 2.45) is 0 Å². The molecule has 0 fully saturated rings. The van der Waals surface area contributed by atoms with E-state index in [4.69, 9.17) is 4.74 Å². The van der Waals surface area contributed by atoms with Crippen LogP contribution in [-0.2, 0) is 0 Å². The number of hydrogen-bond donors (Lipinski definition) is 4. The zero-order valence-electron chi connectivity index (χ0n) is 16.1. The number of benzene rings is 1. The normalized spacial score (nSPS) is 10.1. The highest BCUT2D eigenvalue weighted by Gasteiger charge is 2.06. The van der Waals surface area contributed by atoms with Gasteiger partial charge < -0.3 is 26.0 Å². The van der Waals surface area contributed by atoms with E-state index in [2.05, 4.69) is 36.2 Å². The Bertz CT molecular complexity index is 921. The summed E-state index contributed by atoms with van der Waals surface area (Å²) in [6, 6.07) is 14.3. The van der Waals surface area contributed by atoms with E-state index in [0.717, 1.165) is 0 Å². The Labute approximate surface area is 169 Å². The van der Waals surface area contributed by atoms with Crippen LogP contribution in [0.25, 0.3) is 0 Å². The second-order valence-electron chi connectivity index (χ2n) is 5.87. The molecule has 0 bridgehead atoms. The van der Waals surface area contributed by atoms with Crippen molar-refractivity contribution < 1.29 is 9.53 Å². The number of nitrogens with zero attached hydrogens (tertiary/aromatic N) is 3. The number of para-hydroxylation sites is 2. The minimum Gasteiger partial charge on any atom is -0.492 e. The molecule has 0 spiro atoms. The van der Waals surface area contributed by atoms with Crippen LogP contribution in [0.4, 0.5) is 27.9 Å². The number of carbonyl (C=O) groups excluding carboxylic acids is 1. The van der Waals surface area contributed by atoms with Crippen molar-refractivity contribution in [1.29, 1.82) is 0 Å². The summed E-state index contributed by atoms with van der Waals surface area (Å²) in [6.07, 6.45) is 3.16. The Kier molecular flexibility index (Phi) is 7.16. The summed E-state index contributed by atoms with van der Waals surface area (Å²) >= 11 is 0. The van der Waals surface area contributed by atoms with Gasteiger partial charge >= 0.3 is 6.03 Å². The molecule has 0 saturated heterocycles. The number of urea groups is 1. The van der Waals surface area contributed by atoms with Crippen LogP contribution in [0.2, 0.25) is 0 Å². The predicted molar refractivity (Wildman–Crippen MR) is 113 cm³/mol. The van der Waals surface area contributed by atoms with Crippen LogP contribution < -0.4 is 26.0 Å². The van der Waals surface area contributed by atoms with Crippen molar-refractivity contribution in [3.05, 3.63) is 61.1 Å². The molecule has 0 aliphatic rings. The van der Waals surface area contributed by atoms with Gasteiger partial charge in [0.05, 0.1) is 12.3 Å². The van der Waals surface area contributed by atoms with Gasteiger partial charge in [0.2, 0.25) is 0 Å². The third-order valence-corrected chi connectivity index (χ3v) is 3.74. The summed E-state index contributed by atoms with van der Waals surface area (Å²) < 4.78 is 5.50. The molecule has 0 saturated carbocycles. The zero-order valence-corrected chi connectivity index (χ0v) is 16.1. The van der Waals surface area contributed by atoms with Crippen molar-refractivity contribution in [1.82, 2.24) is 20.3 Å². The standard InChI is InChI=1S/C20H23N7O2/c1-2-29-16-8-4-3-7-15(16)26-20(28)23-12-11-22-18-13-19(25-14-24-18)27-17-9-5-6-10-21-17/h3-10,13-14H,2,11-12H2,1H3,(H2,23,26,28)(H2,21,22,24,25,27). The highest BCUT2D eigenvalue weighted by molar-refractivity contribution is 5.90. The summed E-state index contributed by atoms with van der Waals surface area (Å²) in [6.45, 7) is 3.34. The van der Waals surface area contributed by atoms with E-state index >= 15 is 0 Å². The fourth-order valence-corrected chi connectivity index (χ4v) is 2.47. The molecule has 3 rings (SSSR count). The number of nitrogens with one attached hydrogen (secondary N) is 4. The third kappa shape index (κ3) is 6.35. The maximum atomic E-state index is 12.1. The van der Waals surface area contributed by atoms with Gasteiger partial charge in [-0.1, -0.05) is 18.2 Å². The molecule has 9 nitrogen and oxygen atoms in total. The number of carbonyl (C=O) groups is 1. The highest BCUT2D eigenvalue weighted by Crippen LogP contribution is 2.23. The SMILES string of the molecule is CCOc1ccccc1NC(=O)NCCNc1cc(Nc2ccccn2)ncn1. The molecule has 0 radical (unpaired) electrons. The number of rotatable bonds is 9. The van der Waals surface area contributed by atoms with Crippen molar-refractivity contribution >= 4 is 29.2 Å². The second-order valence-corrected chi connectivity index (χ2v) is 5.87. The molecule has 3 aromatic rings. The fourth-order valence-electron chi connectivity index (χ4n) is 2.47. The molecule has 2 aromatic heterocycles. The second kappa shape index (κ2) is 10.5. The monoisotopic (exact) mass is 393 g/mol. The molecule has 4 N–H and O–H groups in total. The lowest BCUT2D eigenvalue weighted by Crippen LogP contribution is -2.32. The van der Waals surface area contributed by atoms with E-state index in [1.54, 1.807) is 18.3 Å². The molecule has 0 unspecified atom stereocenters. The van der Waals surface area contributed by atoms with Gasteiger partial charge in [-0.15, -0.1) is 0 Å². The minimum absolute atomic E-state index is 0.306. The molecular formula is C20H23N7O2. The lowest BCUT2D eigenvalue weighted by atomic mass is 10.3. The average Bonchev–Trinajstić information content (AvgIpc) is 2.74. The Hall–Kier alpha value is -3.88. The molecule has 0 aliphatic carbocycles. The van der Waals surface area contributed by atoms with Crippen molar-refractivity contribution in [2.75, 3.05) is 35.6 Å². The van der Waals surface area contributed by atoms with Crippen LogP contribution in [-0.4, -0.2) is 40.7 Å². The Morgan fingerprint density at radius 2 is 1.79 bits per heavy atom. The van der Waals surface area contributed by atoms with Gasteiger partial charge in [-0.05, 0) is 31.2 Å². The first kappa shape index (κ1) is 19.9. The van der Waals surface area contributed by atoms with Gasteiger partial charge in [-0.25, -0.2) is 19.7 Å². The van der Waals surface area contributed by atoms with Gasteiger partial charge in [-0.3, -0.25) is 0 Å². The first-order chi connectivity index (χ1) is 14.2. The largest absolute Gasteiger partial charge is 0.492 e. The van der Waals surface area contributed by atoms with E-state index in [9.17, 15) is 4.79 Å². The number of pyridine rings is 1. The van der Waals surface area contributed by atoms with Crippen LogP contribution in [0.1, 0.15) is 6.92 Å². The van der Waals surface area contributed by atoms with E-state index in [0.29, 0.717) is 48.6 Å². The van der Waals surface area contributed by atoms with Crippen LogP contribution in [0.5, 0.6) is 5.75 Å². The average molecular weight is 393 g/mol. The maximum absolute atomic E-state index is 12.1. The Morgan fingerprint density at radius 1 is 0.966 bits per heavy atom. The molecule has 0 aliphatic heterocycles. The number of anilines is 4. The molecule has 1 aromatic carbocycles. The van der Waals surface area contributed by atoms with Gasteiger partial charge in [0.25, 0.3) is 0 Å². The van der Waals surface area contributed by atoms with Crippen molar-refractivity contribution in [3.63, 3.8) is 0 Å². The zero-order chi connectivity index (χ0) is 20.3. The predicted octanol–water partition coefficient (Wildman–Crippen LogP) is 3.25. The van der Waals surface area contributed by atoms with Gasteiger partial charge in [-0.2, -0.15) is 0 Å². The molecule has 150 valence electrons. The number of hydrogen-bond acceptors (Lipinski definition) is 7. The van der Waals surface area contributed by atoms with E-state index < -0.39 is 0 Å². The molecule has 2 heterocycles. The van der Waals surface area contributed by atoms with E-state index in [-0.39, 0.29) is 6.03 Å². The highest BCUT2D eigenvalue weighted by atomic mass is 16.5. The van der Waals surface area contributed by atoms with Crippen LogP contribution in [0, 0.1) is 0 Å². The van der Waals surface area contributed by atoms with Crippen LogP contribution in [0.3, 0.4) is 0 Å². The first-order valence-electron chi connectivity index (χ1n) is 9.25. The van der Waals surface area contributed by atoms with Crippen LogP contribution >= 0.6 is 0 Å². The quantitative estimate of drug-likeness (QED) is 0.413. The summed E-state index contributed by atoms with van der Waals surface area (Å²) in [4.78, 5) is 24.6. The summed E-state index contributed by atoms with van der Waals surface area (Å²) in [5.74, 6) is 2.60. The van der Waals surface area contributed by atoms with E-state index in [1.807, 2.05) is 43.3 Å². The van der Waals surface area contributed by atoms with Crippen molar-refractivity contribution in [2.45, 2.75) is 6.92 Å². The van der Waals surface area contributed by atoms with Gasteiger partial charge in [0.1, 0.15) is 29.5 Å². The molecule has 29 heavy (non-hydrogen) atoms. The summed E-state index contributed by atoms with van der Waals surface area (Å²) in [7, 11) is 0. The topological polar surface area (TPSA) is 113 Å². The van der Waals surface area contributed by atoms with Gasteiger partial charge in [0.15, 0.2) is 0 Å². The molecule has 2 amide bonds. The lowest BCUT2D eigenvalue weighted by Gasteiger charge is -2.12. The van der Waals surface area contributed by atoms with Crippen molar-refractivity contribution in [3.8, 4) is 5.75 Å². The molecule has 9 heteroatoms. The molecular weight excluding hydrogens is 370 g/mol. The lowest BCUT2D eigenvalue weighted by molar-refractivity contribution is 0.252. The number of ether oxygens (including phenoxy) is 1. The maximum Gasteiger partial charge on any atom is 0.319 e. The van der Waals surface area contributed by atoms with Gasteiger partial charge in [0, 0.05) is 25.4 Å². The smallest absolute Gasteiger partial charge is 0.319 e. The Morgan fingerprint density at radius 3 is 2.62 bits per heavy atom. The van der Waals surface area contributed by atoms with E-state index in [1.165, 1.54) is 6.33 Å². The number of aromatic nitrogens is 3. The van der Waals surface area contributed by atoms with Crippen LogP contribution in [0.15, 0.2) is 61.1 Å². The third-order valence-electron chi connectivity index (χ3n) is 3.74. The number of amides is 2. The first-order valence-corrected chi connectivity index (χ1v) is 9.25. The Balaban J connectivity index is 1.43. The molecule has 0 atom stereocenters.